The van der Waals surface area contributed by atoms with Crippen molar-refractivity contribution < 1.29 is 23.8 Å². The standard InChI is InChI=1S/C23H26N2O5/c1-5-29-18-11-10-17(12-19(18)28-4)21-20(15(3)24-23(27)25-21)22(26)30-13-16-8-6-14(2)7-9-16/h6-12,21H,5,13H2,1-4H3,(H2,24,25,27)/t21-/m1/s1. The van der Waals surface area contributed by atoms with Crippen molar-refractivity contribution >= 4 is 12.0 Å². The molecule has 0 saturated carbocycles. The van der Waals surface area contributed by atoms with Crippen LogP contribution < -0.4 is 20.1 Å². The molecule has 158 valence electrons. The van der Waals surface area contributed by atoms with Gasteiger partial charge in [-0.15, -0.1) is 0 Å². The van der Waals surface area contributed by atoms with Crippen LogP contribution in [0.3, 0.4) is 0 Å². The van der Waals surface area contributed by atoms with Crippen LogP contribution in [0.5, 0.6) is 11.5 Å². The molecule has 1 aliphatic rings. The van der Waals surface area contributed by atoms with Gasteiger partial charge >= 0.3 is 12.0 Å². The van der Waals surface area contributed by atoms with Gasteiger partial charge in [-0.3, -0.25) is 0 Å². The van der Waals surface area contributed by atoms with E-state index in [1.54, 1.807) is 32.2 Å². The van der Waals surface area contributed by atoms with Gasteiger partial charge in [0.1, 0.15) is 6.61 Å². The molecule has 0 unspecified atom stereocenters. The number of esters is 1. The molecule has 0 aromatic heterocycles. The number of rotatable bonds is 7. The zero-order valence-electron chi connectivity index (χ0n) is 17.6. The van der Waals surface area contributed by atoms with E-state index in [1.807, 2.05) is 38.1 Å². The molecule has 1 heterocycles. The number of carbonyl (C=O) groups excluding carboxylic acids is 2. The van der Waals surface area contributed by atoms with Crippen LogP contribution in [0.15, 0.2) is 53.7 Å². The maximum atomic E-state index is 12.9. The number of hydrogen-bond donors (Lipinski definition) is 2. The molecule has 0 radical (unpaired) electrons. The molecule has 0 saturated heterocycles. The molecule has 1 atom stereocenters. The highest BCUT2D eigenvalue weighted by atomic mass is 16.5. The second-order valence-electron chi connectivity index (χ2n) is 6.98. The van der Waals surface area contributed by atoms with E-state index in [2.05, 4.69) is 10.6 Å². The molecule has 0 spiro atoms. The fourth-order valence-electron chi connectivity index (χ4n) is 3.26. The third-order valence-corrected chi connectivity index (χ3v) is 4.80. The zero-order chi connectivity index (χ0) is 21.7. The van der Waals surface area contributed by atoms with Gasteiger partial charge < -0.3 is 24.8 Å². The number of carbonyl (C=O) groups is 2. The normalized spacial score (nSPS) is 15.9. The number of aryl methyl sites for hydroxylation is 1. The third kappa shape index (κ3) is 4.74. The average Bonchev–Trinajstić information content (AvgIpc) is 2.73. The van der Waals surface area contributed by atoms with Crippen LogP contribution in [-0.4, -0.2) is 25.7 Å². The molecule has 7 nitrogen and oxygen atoms in total. The third-order valence-electron chi connectivity index (χ3n) is 4.80. The summed E-state index contributed by atoms with van der Waals surface area (Å²) in [7, 11) is 1.54. The molecular weight excluding hydrogens is 384 g/mol. The average molecular weight is 410 g/mol. The van der Waals surface area contributed by atoms with Crippen molar-refractivity contribution in [1.82, 2.24) is 10.6 Å². The Bertz CT molecular complexity index is 966. The van der Waals surface area contributed by atoms with Crippen LogP contribution in [0.4, 0.5) is 4.79 Å². The summed E-state index contributed by atoms with van der Waals surface area (Å²) in [6.45, 7) is 6.20. The van der Waals surface area contributed by atoms with Crippen LogP contribution in [0.25, 0.3) is 0 Å². The molecule has 7 heteroatoms. The zero-order valence-corrected chi connectivity index (χ0v) is 17.6. The number of nitrogens with one attached hydrogen (secondary N) is 2. The molecule has 1 aliphatic heterocycles. The Kier molecular flexibility index (Phi) is 6.61. The van der Waals surface area contributed by atoms with Crippen LogP contribution in [0.2, 0.25) is 0 Å². The topological polar surface area (TPSA) is 85.9 Å². The van der Waals surface area contributed by atoms with Crippen molar-refractivity contribution in [1.29, 1.82) is 0 Å². The smallest absolute Gasteiger partial charge is 0.338 e. The van der Waals surface area contributed by atoms with Gasteiger partial charge in [-0.1, -0.05) is 35.9 Å². The van der Waals surface area contributed by atoms with E-state index in [0.29, 0.717) is 34.9 Å². The molecular formula is C23H26N2O5. The number of urea groups is 1. The lowest BCUT2D eigenvalue weighted by molar-refractivity contribution is -0.140. The summed E-state index contributed by atoms with van der Waals surface area (Å²) in [4.78, 5) is 25.0. The summed E-state index contributed by atoms with van der Waals surface area (Å²) in [6.07, 6.45) is 0. The second-order valence-corrected chi connectivity index (χ2v) is 6.98. The lowest BCUT2D eigenvalue weighted by atomic mass is 9.95. The predicted molar refractivity (Wildman–Crippen MR) is 112 cm³/mol. The van der Waals surface area contributed by atoms with Crippen LogP contribution >= 0.6 is 0 Å². The lowest BCUT2D eigenvalue weighted by Gasteiger charge is -2.28. The van der Waals surface area contributed by atoms with Crippen molar-refractivity contribution in [3.63, 3.8) is 0 Å². The number of methoxy groups -OCH3 is 1. The first kappa shape index (κ1) is 21.2. The highest BCUT2D eigenvalue weighted by Gasteiger charge is 2.32. The monoisotopic (exact) mass is 410 g/mol. The molecule has 30 heavy (non-hydrogen) atoms. The van der Waals surface area contributed by atoms with Crippen molar-refractivity contribution in [3.8, 4) is 11.5 Å². The Morgan fingerprint density at radius 2 is 1.80 bits per heavy atom. The maximum absolute atomic E-state index is 12.9. The molecule has 0 aliphatic carbocycles. The van der Waals surface area contributed by atoms with Gasteiger partial charge in [-0.25, -0.2) is 9.59 Å². The van der Waals surface area contributed by atoms with E-state index in [-0.39, 0.29) is 12.6 Å². The van der Waals surface area contributed by atoms with Gasteiger partial charge in [0.05, 0.1) is 25.3 Å². The molecule has 0 bridgehead atoms. The van der Waals surface area contributed by atoms with Crippen LogP contribution in [-0.2, 0) is 16.1 Å². The second kappa shape index (κ2) is 9.35. The highest BCUT2D eigenvalue weighted by molar-refractivity contribution is 5.95. The number of ether oxygens (including phenoxy) is 3. The van der Waals surface area contributed by atoms with Gasteiger partial charge in [0.15, 0.2) is 11.5 Å². The van der Waals surface area contributed by atoms with E-state index in [1.165, 1.54) is 0 Å². The van der Waals surface area contributed by atoms with Gasteiger partial charge in [-0.05, 0) is 44.0 Å². The molecule has 2 aromatic carbocycles. The van der Waals surface area contributed by atoms with E-state index in [4.69, 9.17) is 14.2 Å². The molecule has 0 fully saturated rings. The Morgan fingerprint density at radius 3 is 2.47 bits per heavy atom. The SMILES string of the molecule is CCOc1ccc([C@H]2NC(=O)NC(C)=C2C(=O)OCc2ccc(C)cc2)cc1OC. The maximum Gasteiger partial charge on any atom is 0.338 e. The van der Waals surface area contributed by atoms with Gasteiger partial charge in [0.2, 0.25) is 0 Å². The number of benzene rings is 2. The Labute approximate surface area is 176 Å². The van der Waals surface area contributed by atoms with Crippen LogP contribution in [0.1, 0.15) is 36.6 Å². The van der Waals surface area contributed by atoms with Crippen LogP contribution in [0, 0.1) is 6.92 Å². The van der Waals surface area contributed by atoms with Crippen molar-refractivity contribution in [2.75, 3.05) is 13.7 Å². The summed E-state index contributed by atoms with van der Waals surface area (Å²) >= 11 is 0. The quantitative estimate of drug-likeness (QED) is 0.679. The Hall–Kier alpha value is -3.48. The van der Waals surface area contributed by atoms with Gasteiger partial charge in [-0.2, -0.15) is 0 Å². The summed E-state index contributed by atoms with van der Waals surface area (Å²) in [6, 6.07) is 12.0. The summed E-state index contributed by atoms with van der Waals surface area (Å²) < 4.78 is 16.5. The Balaban J connectivity index is 1.87. The van der Waals surface area contributed by atoms with Crippen molar-refractivity contribution in [3.05, 3.63) is 70.4 Å². The van der Waals surface area contributed by atoms with E-state index >= 15 is 0 Å². The van der Waals surface area contributed by atoms with E-state index in [9.17, 15) is 9.59 Å². The minimum atomic E-state index is -0.672. The molecule has 2 N–H and O–H groups in total. The first-order valence-electron chi connectivity index (χ1n) is 9.74. The number of hydrogen-bond acceptors (Lipinski definition) is 5. The number of allylic oxidation sites excluding steroid dienone is 1. The fourth-order valence-corrected chi connectivity index (χ4v) is 3.26. The minimum absolute atomic E-state index is 0.142. The summed E-state index contributed by atoms with van der Waals surface area (Å²) in [5, 5.41) is 5.45. The molecule has 2 aromatic rings. The molecule has 3 rings (SSSR count). The first-order chi connectivity index (χ1) is 14.4. The van der Waals surface area contributed by atoms with Gasteiger partial charge in [0, 0.05) is 5.70 Å². The van der Waals surface area contributed by atoms with Crippen molar-refractivity contribution in [2.24, 2.45) is 0 Å². The lowest BCUT2D eigenvalue weighted by Crippen LogP contribution is -2.45. The summed E-state index contributed by atoms with van der Waals surface area (Å²) in [5.74, 6) is 0.610. The van der Waals surface area contributed by atoms with Gasteiger partial charge in [0.25, 0.3) is 0 Å². The highest BCUT2D eigenvalue weighted by Crippen LogP contribution is 2.34. The van der Waals surface area contributed by atoms with E-state index in [0.717, 1.165) is 11.1 Å². The number of amides is 2. The van der Waals surface area contributed by atoms with Crippen molar-refractivity contribution in [2.45, 2.75) is 33.4 Å². The molecule has 2 amide bonds. The largest absolute Gasteiger partial charge is 0.493 e. The minimum Gasteiger partial charge on any atom is -0.493 e. The Morgan fingerprint density at radius 1 is 1.07 bits per heavy atom. The van der Waals surface area contributed by atoms with E-state index < -0.39 is 12.0 Å². The fraction of sp³-hybridized carbons (Fsp3) is 0.304. The summed E-state index contributed by atoms with van der Waals surface area (Å²) in [5.41, 5.74) is 3.50. The predicted octanol–water partition coefficient (Wildman–Crippen LogP) is 3.77. The first-order valence-corrected chi connectivity index (χ1v) is 9.74.